The van der Waals surface area contributed by atoms with Crippen molar-refractivity contribution < 1.29 is 4.79 Å². The molecule has 1 aliphatic carbocycles. The number of nitrogens with one attached hydrogen (secondary N) is 2. The lowest BCUT2D eigenvalue weighted by atomic mass is 9.71. The monoisotopic (exact) mass is 577 g/mol. The van der Waals surface area contributed by atoms with Gasteiger partial charge in [0.2, 0.25) is 5.91 Å². The summed E-state index contributed by atoms with van der Waals surface area (Å²) in [5, 5.41) is 10.8. The maximum Gasteiger partial charge on any atom is 0.347 e. The van der Waals surface area contributed by atoms with Crippen LogP contribution in [0.5, 0.6) is 0 Å². The molecule has 0 aliphatic heterocycles. The number of carbonyl (C=O) groups excluding carboxylic acids is 1. The number of amides is 1. The predicted octanol–water partition coefficient (Wildman–Crippen LogP) is 6.57. The van der Waals surface area contributed by atoms with Gasteiger partial charge in [-0.05, 0) is 67.9 Å². The number of rotatable bonds is 9. The zero-order chi connectivity index (χ0) is 28.2. The van der Waals surface area contributed by atoms with E-state index in [2.05, 4.69) is 63.9 Å². The lowest BCUT2D eigenvalue weighted by Gasteiger charge is -2.43. The van der Waals surface area contributed by atoms with Crippen LogP contribution in [0, 0.1) is 12.3 Å². The average Bonchev–Trinajstić information content (AvgIpc) is 3.37. The molecule has 1 amide bonds. The number of unbranched alkanes of at least 4 members (excludes halogenated alkanes) is 3. The molecule has 212 valence electrons. The maximum absolute atomic E-state index is 12.8. The molecule has 42 heavy (non-hydrogen) atoms. The molecule has 0 spiro atoms. The Kier molecular flexibility index (Phi) is 8.56. The van der Waals surface area contributed by atoms with Crippen LogP contribution in [0.2, 0.25) is 0 Å². The second kappa shape index (κ2) is 12.5. The lowest BCUT2D eigenvalue weighted by molar-refractivity contribution is -0.119. The van der Waals surface area contributed by atoms with Gasteiger partial charge in [-0.25, -0.2) is 19.3 Å². The lowest BCUT2D eigenvalue weighted by Crippen LogP contribution is -2.50. The fourth-order valence-electron chi connectivity index (χ4n) is 5.59. The molecule has 5 aromatic rings. The fraction of sp³-hybridized carbons (Fsp3) is 0.235. The molecule has 1 fully saturated rings. The van der Waals surface area contributed by atoms with Crippen LogP contribution >= 0.6 is 12.4 Å². The van der Waals surface area contributed by atoms with Crippen LogP contribution in [0.1, 0.15) is 50.5 Å². The second-order valence-corrected chi connectivity index (χ2v) is 10.6. The van der Waals surface area contributed by atoms with Crippen molar-refractivity contribution in [3.8, 4) is 34.7 Å². The van der Waals surface area contributed by atoms with E-state index in [1.165, 1.54) is 4.40 Å². The van der Waals surface area contributed by atoms with E-state index in [1.807, 2.05) is 30.3 Å². The zero-order valence-corrected chi connectivity index (χ0v) is 24.0. The first kappa shape index (κ1) is 28.8. The molecule has 0 radical (unpaired) electrons. The molecule has 0 unspecified atom stereocenters. The number of allylic oxidation sites excluding steroid dienone is 1. The molecular weight excluding hydrogens is 546 g/mol. The Bertz CT molecular complexity index is 1850. The molecule has 7 nitrogen and oxygen atoms in total. The minimum absolute atomic E-state index is 0. The third-order valence-electron chi connectivity index (χ3n) is 7.96. The van der Waals surface area contributed by atoms with Crippen molar-refractivity contribution in [2.45, 2.75) is 50.5 Å². The number of aromatic nitrogens is 4. The van der Waals surface area contributed by atoms with Crippen LogP contribution < -0.4 is 11.0 Å². The minimum Gasteiger partial charge on any atom is -0.343 e. The maximum atomic E-state index is 12.8. The van der Waals surface area contributed by atoms with Gasteiger partial charge in [-0.15, -0.1) is 24.8 Å². The van der Waals surface area contributed by atoms with Crippen molar-refractivity contribution in [1.82, 2.24) is 24.9 Å². The van der Waals surface area contributed by atoms with Crippen LogP contribution in [-0.2, 0) is 10.3 Å². The van der Waals surface area contributed by atoms with Crippen molar-refractivity contribution >= 4 is 34.9 Å². The molecule has 6 rings (SSSR count). The molecule has 3 aromatic heterocycles. The first-order chi connectivity index (χ1) is 20.1. The Morgan fingerprint density at radius 2 is 1.86 bits per heavy atom. The molecule has 2 aromatic carbocycles. The van der Waals surface area contributed by atoms with Gasteiger partial charge < -0.3 is 5.32 Å². The summed E-state index contributed by atoms with van der Waals surface area (Å²) in [5.41, 5.74) is 5.56. The number of pyridine rings is 2. The second-order valence-electron chi connectivity index (χ2n) is 10.6. The minimum atomic E-state index is -0.346. The number of H-pyrrole nitrogens is 1. The quantitative estimate of drug-likeness (QED) is 0.118. The Balaban J connectivity index is 0.00000353. The van der Waals surface area contributed by atoms with Gasteiger partial charge in [0.05, 0.1) is 16.7 Å². The normalized spacial score (nSPS) is 13.9. The summed E-state index contributed by atoms with van der Waals surface area (Å²) in [7, 11) is 0. The van der Waals surface area contributed by atoms with Gasteiger partial charge in [0.25, 0.3) is 0 Å². The van der Waals surface area contributed by atoms with E-state index in [4.69, 9.17) is 11.4 Å². The van der Waals surface area contributed by atoms with Crippen molar-refractivity contribution in [3.05, 3.63) is 101 Å². The van der Waals surface area contributed by atoms with Crippen LogP contribution in [0.25, 0.3) is 38.9 Å². The number of terminal acetylenes is 1. The molecule has 1 aliphatic rings. The summed E-state index contributed by atoms with van der Waals surface area (Å²) in [6.07, 6.45) is 17.1. The molecule has 8 heteroatoms. The number of aromatic amines is 1. The topological polar surface area (TPSA) is 92.2 Å². The highest BCUT2D eigenvalue weighted by Gasteiger charge is 2.39. The summed E-state index contributed by atoms with van der Waals surface area (Å²) in [5.74, 6) is 2.59. The van der Waals surface area contributed by atoms with Crippen LogP contribution in [0.15, 0.2) is 89.9 Å². The van der Waals surface area contributed by atoms with Gasteiger partial charge in [-0.2, -0.15) is 5.10 Å². The molecule has 1 saturated carbocycles. The van der Waals surface area contributed by atoms with E-state index in [0.717, 1.165) is 83.8 Å². The molecular formula is C34H32ClN5O2. The highest BCUT2D eigenvalue weighted by molar-refractivity contribution is 5.98. The van der Waals surface area contributed by atoms with Gasteiger partial charge in [0, 0.05) is 29.1 Å². The number of carbonyl (C=O) groups is 1. The summed E-state index contributed by atoms with van der Waals surface area (Å²) in [6, 6.07) is 22.4. The highest BCUT2D eigenvalue weighted by Crippen LogP contribution is 2.42. The van der Waals surface area contributed by atoms with E-state index in [-0.39, 0.29) is 29.5 Å². The van der Waals surface area contributed by atoms with E-state index in [9.17, 15) is 9.59 Å². The number of hydrogen-bond donors (Lipinski definition) is 2. The third kappa shape index (κ3) is 5.59. The number of hydrogen-bond acceptors (Lipinski definition) is 4. The largest absolute Gasteiger partial charge is 0.347 e. The predicted molar refractivity (Wildman–Crippen MR) is 169 cm³/mol. The van der Waals surface area contributed by atoms with Crippen LogP contribution in [0.4, 0.5) is 0 Å². The first-order valence-electron chi connectivity index (χ1n) is 14.1. The summed E-state index contributed by atoms with van der Waals surface area (Å²) in [6.45, 7) is 0. The Labute approximate surface area is 250 Å². The highest BCUT2D eigenvalue weighted by atomic mass is 35.5. The standard InChI is InChI=1S/C34H31N5O2.ClH/c1-2-3-4-5-6-10-14-30(40)36-34(20-11-21-34)26-17-15-25(16-18-26)31-27(24-12-8-7-9-13-24)23-28-29(35-31)19-22-39-32(28)37-38-33(39)41;/h1,7-10,12-19,22-23H,3-6,11,20-21H2,(H,36,40)(H,38,41);1H/b14-10+;. The van der Waals surface area contributed by atoms with E-state index in [0.29, 0.717) is 5.65 Å². The SMILES string of the molecule is C#CCCCC/C=C/C(=O)NC1(c2ccc(-c3nc4ccn5c(=O)[nH]nc5c4cc3-c3ccccc3)cc2)CCC1.Cl. The van der Waals surface area contributed by atoms with Gasteiger partial charge in [0.1, 0.15) is 0 Å². The molecule has 3 heterocycles. The Morgan fingerprint density at radius 3 is 2.57 bits per heavy atom. The third-order valence-corrected chi connectivity index (χ3v) is 7.96. The molecule has 2 N–H and O–H groups in total. The zero-order valence-electron chi connectivity index (χ0n) is 23.2. The summed E-state index contributed by atoms with van der Waals surface area (Å²) >= 11 is 0. The van der Waals surface area contributed by atoms with E-state index in [1.54, 1.807) is 12.3 Å². The average molecular weight is 578 g/mol. The van der Waals surface area contributed by atoms with Gasteiger partial charge >= 0.3 is 5.69 Å². The number of nitrogens with zero attached hydrogens (tertiary/aromatic N) is 3. The van der Waals surface area contributed by atoms with Crippen LogP contribution in [0.3, 0.4) is 0 Å². The smallest absolute Gasteiger partial charge is 0.343 e. The number of benzene rings is 2. The molecule has 0 atom stereocenters. The van der Waals surface area contributed by atoms with Crippen molar-refractivity contribution in [2.75, 3.05) is 0 Å². The number of fused-ring (bicyclic) bond motifs is 3. The van der Waals surface area contributed by atoms with Crippen molar-refractivity contribution in [1.29, 1.82) is 0 Å². The number of halogens is 1. The van der Waals surface area contributed by atoms with Crippen LogP contribution in [-0.4, -0.2) is 25.5 Å². The van der Waals surface area contributed by atoms with Crippen molar-refractivity contribution in [2.24, 2.45) is 0 Å². The first-order valence-corrected chi connectivity index (χ1v) is 14.1. The van der Waals surface area contributed by atoms with Gasteiger partial charge in [0.15, 0.2) is 5.65 Å². The Morgan fingerprint density at radius 1 is 1.07 bits per heavy atom. The molecule has 0 saturated heterocycles. The fourth-order valence-corrected chi connectivity index (χ4v) is 5.59. The summed E-state index contributed by atoms with van der Waals surface area (Å²) < 4.78 is 1.49. The van der Waals surface area contributed by atoms with Gasteiger partial charge in [-0.3, -0.25) is 4.79 Å². The molecule has 0 bridgehead atoms. The van der Waals surface area contributed by atoms with Gasteiger partial charge in [-0.1, -0.05) is 60.7 Å². The van der Waals surface area contributed by atoms with E-state index < -0.39 is 0 Å². The van der Waals surface area contributed by atoms with Crippen molar-refractivity contribution in [3.63, 3.8) is 0 Å². The Hall–Kier alpha value is -4.67. The summed E-state index contributed by atoms with van der Waals surface area (Å²) in [4.78, 5) is 30.0. The van der Waals surface area contributed by atoms with E-state index >= 15 is 0 Å².